The molecule has 3 aliphatic rings. The molecule has 0 radical (unpaired) electrons. The largest absolute Gasteiger partial charge is 1.00 e. The van der Waals surface area contributed by atoms with Gasteiger partial charge in [-0.05, 0) is 36.3 Å². The van der Waals surface area contributed by atoms with Gasteiger partial charge in [0, 0.05) is 18.2 Å². The molecular weight excluding hydrogens is 393 g/mol. The molecule has 0 unspecified atom stereocenters. The van der Waals surface area contributed by atoms with Gasteiger partial charge >= 0.3 is 47.5 Å². The maximum atomic E-state index is 12.7. The molecule has 11 heteroatoms. The first-order valence-electron chi connectivity index (χ1n) is 8.64. The van der Waals surface area contributed by atoms with E-state index >= 15 is 0 Å². The van der Waals surface area contributed by atoms with Gasteiger partial charge in [0.15, 0.2) is 0 Å². The van der Waals surface area contributed by atoms with E-state index in [-0.39, 0.29) is 66.9 Å². The molecular formula is C18H18N3NaO7. The van der Waals surface area contributed by atoms with Crippen molar-refractivity contribution < 1.29 is 65.5 Å². The maximum absolute atomic E-state index is 12.7. The minimum atomic E-state index is -1.34. The normalized spacial score (nSPS) is 24.4. The number of carboxylic acid groups (broad SMARTS) is 2. The van der Waals surface area contributed by atoms with Crippen molar-refractivity contribution >= 4 is 29.6 Å². The number of phenolic OH excluding ortho intramolecular Hbond substituents is 1. The number of carboxylic acids is 2. The van der Waals surface area contributed by atoms with Crippen molar-refractivity contribution in [1.82, 2.24) is 9.80 Å². The summed E-state index contributed by atoms with van der Waals surface area (Å²) in [6, 6.07) is 4.13. The Balaban J connectivity index is 0.00000160. The summed E-state index contributed by atoms with van der Waals surface area (Å²) in [5.74, 6) is -3.20. The van der Waals surface area contributed by atoms with Gasteiger partial charge in [0.1, 0.15) is 17.5 Å². The number of carbonyl (C=O) groups excluding carboxylic acids is 2. The molecule has 2 fully saturated rings. The Morgan fingerprint density at radius 1 is 1.17 bits per heavy atom. The van der Waals surface area contributed by atoms with Crippen molar-refractivity contribution in [2.75, 3.05) is 11.9 Å². The number of rotatable bonds is 4. The number of aromatic hydroxyl groups is 1. The average Bonchev–Trinajstić information content (AvgIpc) is 2.98. The first-order valence-corrected chi connectivity index (χ1v) is 8.64. The quantitative estimate of drug-likeness (QED) is 0.249. The number of nitrogens with zero attached hydrogens (tertiary/aromatic N) is 2. The first-order chi connectivity index (χ1) is 13.3. The molecule has 0 aromatic heterocycles. The number of carbonyl (C=O) groups is 4. The second kappa shape index (κ2) is 7.69. The van der Waals surface area contributed by atoms with E-state index in [1.807, 2.05) is 0 Å². The molecule has 2 saturated heterocycles. The maximum Gasteiger partial charge on any atom is 1.00 e. The van der Waals surface area contributed by atoms with Gasteiger partial charge in [-0.25, -0.2) is 9.59 Å². The minimum absolute atomic E-state index is 0. The summed E-state index contributed by atoms with van der Waals surface area (Å²) in [6.07, 6.45) is -0.249. The monoisotopic (exact) mass is 411 g/mol. The third kappa shape index (κ3) is 3.47. The van der Waals surface area contributed by atoms with E-state index in [4.69, 9.17) is 5.11 Å². The molecule has 4 rings (SSSR count). The third-order valence-electron chi connectivity index (χ3n) is 5.39. The van der Waals surface area contributed by atoms with Gasteiger partial charge in [0.2, 0.25) is 0 Å². The Bertz CT molecular complexity index is 936. The van der Waals surface area contributed by atoms with E-state index in [1.165, 1.54) is 29.2 Å². The van der Waals surface area contributed by atoms with Crippen LogP contribution in [0.25, 0.3) is 0 Å². The second-order valence-corrected chi connectivity index (χ2v) is 7.07. The number of phenols is 1. The standard InChI is InChI=1S/C18H17N3O7.Na.H/c22-11-3-1-10(2-4-11)19-18(28)20-7-9-5-8(6-12(23)24)14(17(26)27)21-13(9)15(20)16(21)25;;/h1-4,9,13,15,22H,5-7H2,(H,19,28)(H,23,24)(H,26,27);;/q;+1;-1/t9-,13-,15+;;/m1../s1. The van der Waals surface area contributed by atoms with E-state index in [0.717, 1.165) is 4.90 Å². The predicted octanol–water partition coefficient (Wildman–Crippen LogP) is -2.23. The van der Waals surface area contributed by atoms with Crippen molar-refractivity contribution in [3.8, 4) is 5.75 Å². The molecule has 3 amide bonds. The first kappa shape index (κ1) is 21.2. The number of nitrogens with one attached hydrogen (secondary N) is 1. The van der Waals surface area contributed by atoms with Crippen LogP contribution < -0.4 is 34.9 Å². The predicted molar refractivity (Wildman–Crippen MR) is 94.4 cm³/mol. The number of urea groups is 1. The topological polar surface area (TPSA) is 147 Å². The van der Waals surface area contributed by atoms with E-state index in [1.54, 1.807) is 0 Å². The van der Waals surface area contributed by atoms with Crippen LogP contribution in [-0.4, -0.2) is 67.6 Å². The van der Waals surface area contributed by atoms with Crippen LogP contribution in [0.1, 0.15) is 14.3 Å². The SMILES string of the molecule is O=C(O)CC1=C(C(=O)O)N2C(=O)[C@@H]3[C@H]2[C@H](C1)CN3C(=O)Nc1ccc(O)cc1.[H-].[Na+]. The van der Waals surface area contributed by atoms with Crippen LogP contribution in [0.5, 0.6) is 5.75 Å². The number of β-lactam (4-membered cyclic amide) rings is 1. The summed E-state index contributed by atoms with van der Waals surface area (Å²) < 4.78 is 0. The Kier molecular flexibility index (Phi) is 5.61. The van der Waals surface area contributed by atoms with Gasteiger partial charge in [-0.3, -0.25) is 14.5 Å². The Morgan fingerprint density at radius 2 is 1.83 bits per heavy atom. The molecule has 0 bridgehead atoms. The van der Waals surface area contributed by atoms with E-state index in [2.05, 4.69) is 5.32 Å². The molecule has 148 valence electrons. The number of likely N-dealkylation sites (tertiary alicyclic amines) is 1. The molecule has 0 spiro atoms. The molecule has 0 aliphatic carbocycles. The number of hydrogen-bond donors (Lipinski definition) is 4. The van der Waals surface area contributed by atoms with Gasteiger partial charge < -0.3 is 27.0 Å². The average molecular weight is 411 g/mol. The molecule has 3 atom stereocenters. The molecule has 4 N–H and O–H groups in total. The molecule has 3 aliphatic heterocycles. The van der Waals surface area contributed by atoms with Crippen molar-refractivity contribution in [3.05, 3.63) is 35.5 Å². The zero-order valence-electron chi connectivity index (χ0n) is 16.5. The number of amides is 3. The molecule has 10 nitrogen and oxygen atoms in total. The Morgan fingerprint density at radius 3 is 2.41 bits per heavy atom. The Labute approximate surface area is 188 Å². The van der Waals surface area contributed by atoms with Gasteiger partial charge in [-0.1, -0.05) is 0 Å². The van der Waals surface area contributed by atoms with Gasteiger partial charge in [-0.2, -0.15) is 0 Å². The van der Waals surface area contributed by atoms with Crippen molar-refractivity contribution in [2.45, 2.75) is 24.9 Å². The van der Waals surface area contributed by atoms with Crippen LogP contribution in [0.3, 0.4) is 0 Å². The van der Waals surface area contributed by atoms with Crippen LogP contribution in [0.2, 0.25) is 0 Å². The zero-order chi connectivity index (χ0) is 20.2. The fourth-order valence-electron chi connectivity index (χ4n) is 4.33. The molecule has 1 aromatic carbocycles. The third-order valence-corrected chi connectivity index (χ3v) is 5.39. The molecule has 29 heavy (non-hydrogen) atoms. The fourth-order valence-corrected chi connectivity index (χ4v) is 4.33. The van der Waals surface area contributed by atoms with Crippen LogP contribution >= 0.6 is 0 Å². The van der Waals surface area contributed by atoms with E-state index in [9.17, 15) is 29.4 Å². The summed E-state index contributed by atoms with van der Waals surface area (Å²) in [6.45, 7) is 0.220. The molecule has 0 saturated carbocycles. The van der Waals surface area contributed by atoms with Crippen molar-refractivity contribution in [2.24, 2.45) is 5.92 Å². The van der Waals surface area contributed by atoms with Gasteiger partial charge in [-0.15, -0.1) is 0 Å². The summed E-state index contributed by atoms with van der Waals surface area (Å²) in [7, 11) is 0. The summed E-state index contributed by atoms with van der Waals surface area (Å²) in [5.41, 5.74) is 0.358. The van der Waals surface area contributed by atoms with Crippen LogP contribution in [0, 0.1) is 5.92 Å². The molecule has 1 aromatic rings. The van der Waals surface area contributed by atoms with Crippen LogP contribution in [-0.2, 0) is 14.4 Å². The fraction of sp³-hybridized carbons (Fsp3) is 0.333. The number of aliphatic carboxylic acids is 2. The van der Waals surface area contributed by atoms with Gasteiger partial charge in [0.05, 0.1) is 12.5 Å². The summed E-state index contributed by atoms with van der Waals surface area (Å²) in [4.78, 5) is 50.5. The van der Waals surface area contributed by atoms with Crippen LogP contribution in [0.4, 0.5) is 10.5 Å². The van der Waals surface area contributed by atoms with Crippen LogP contribution in [0.15, 0.2) is 35.5 Å². The minimum Gasteiger partial charge on any atom is -1.00 e. The summed E-state index contributed by atoms with van der Waals surface area (Å²) >= 11 is 0. The number of anilines is 1. The van der Waals surface area contributed by atoms with Crippen molar-refractivity contribution in [1.29, 1.82) is 0 Å². The summed E-state index contributed by atoms with van der Waals surface area (Å²) in [5, 5.41) is 30.5. The van der Waals surface area contributed by atoms with E-state index < -0.39 is 42.4 Å². The molecule has 3 heterocycles. The zero-order valence-corrected chi connectivity index (χ0v) is 17.5. The van der Waals surface area contributed by atoms with Gasteiger partial charge in [0.25, 0.3) is 5.91 Å². The van der Waals surface area contributed by atoms with E-state index in [0.29, 0.717) is 5.69 Å². The number of benzene rings is 1. The Hall–Kier alpha value is -2.56. The second-order valence-electron chi connectivity index (χ2n) is 7.07. The van der Waals surface area contributed by atoms with Crippen molar-refractivity contribution in [3.63, 3.8) is 0 Å². The smallest absolute Gasteiger partial charge is 1.00 e. The number of hydrogen-bond acceptors (Lipinski definition) is 5.